The number of hydrogen-bond donors (Lipinski definition) is 1. The summed E-state index contributed by atoms with van der Waals surface area (Å²) in [6, 6.07) is 0.0478. The van der Waals surface area contributed by atoms with Crippen LogP contribution in [0.25, 0.3) is 0 Å². The second-order valence-corrected chi connectivity index (χ2v) is 5.74. The monoisotopic (exact) mass is 250 g/mol. The topological polar surface area (TPSA) is 41.9 Å². The number of nitrogens with zero attached hydrogens (tertiary/aromatic N) is 1. The Bertz CT molecular complexity index is 147. The van der Waals surface area contributed by atoms with E-state index >= 15 is 0 Å². The van der Waals surface area contributed by atoms with E-state index in [4.69, 9.17) is 23.7 Å². The first-order valence-corrected chi connectivity index (χ1v) is 6.05. The molecule has 0 aromatic carbocycles. The first kappa shape index (κ1) is 13.8. The highest BCUT2D eigenvalue weighted by Gasteiger charge is 2.53. The van der Waals surface area contributed by atoms with Gasteiger partial charge in [0.1, 0.15) is 23.7 Å². The van der Waals surface area contributed by atoms with E-state index in [1.165, 1.54) is 0 Å². The Morgan fingerprint density at radius 3 is 1.46 bits per heavy atom. The van der Waals surface area contributed by atoms with E-state index in [9.17, 15) is 4.89 Å². The molecule has 0 rings (SSSR count). The Kier molecular flexibility index (Phi) is 6.03. The molecule has 0 spiro atoms. The van der Waals surface area contributed by atoms with Gasteiger partial charge in [-0.25, -0.2) is 0 Å². The van der Waals surface area contributed by atoms with Gasteiger partial charge in [-0.15, -0.1) is 0 Å². The molecule has 0 aromatic heterocycles. The molecule has 13 heavy (non-hydrogen) atoms. The maximum Gasteiger partial charge on any atom is 0.538 e. The largest absolute Gasteiger partial charge is 0.538 e. The molecular weight excluding hydrogens is 236 g/mol. The summed E-state index contributed by atoms with van der Waals surface area (Å²) < 4.78 is 10.4. The van der Waals surface area contributed by atoms with Crippen LogP contribution < -0.4 is 0 Å². The smallest absolute Gasteiger partial charge is 0.175 e. The van der Waals surface area contributed by atoms with Crippen molar-refractivity contribution < 1.29 is 13.0 Å². The van der Waals surface area contributed by atoms with Crippen LogP contribution >= 0.6 is 31.8 Å². The summed E-state index contributed by atoms with van der Waals surface area (Å²) >= 11 is 10.3. The molecule has 7 heteroatoms. The van der Waals surface area contributed by atoms with E-state index in [1.54, 1.807) is 4.67 Å². The summed E-state index contributed by atoms with van der Waals surface area (Å²) in [7, 11) is -3.29. The number of rotatable bonds is 5. The molecule has 0 bridgehead atoms. The van der Waals surface area contributed by atoms with Gasteiger partial charge >= 0.3 is 8.09 Å². The first-order chi connectivity index (χ1) is 5.89. The van der Waals surface area contributed by atoms with E-state index in [1.807, 2.05) is 27.7 Å². The van der Waals surface area contributed by atoms with Crippen molar-refractivity contribution in [3.05, 3.63) is 0 Å². The van der Waals surface area contributed by atoms with Gasteiger partial charge in [-0.1, -0.05) is 4.67 Å². The highest BCUT2D eigenvalue weighted by molar-refractivity contribution is 7.59. The van der Waals surface area contributed by atoms with Gasteiger partial charge in [0.25, 0.3) is 0 Å². The molecule has 0 saturated carbocycles. The second-order valence-electron chi connectivity index (χ2n) is 3.20. The zero-order chi connectivity index (χ0) is 10.6. The molecule has 0 amide bonds. The average molecular weight is 251 g/mol. The Labute approximate surface area is 89.7 Å². The lowest BCUT2D eigenvalue weighted by molar-refractivity contribution is 0.202. The van der Waals surface area contributed by atoms with Crippen LogP contribution in [0.1, 0.15) is 27.7 Å². The lowest BCUT2D eigenvalue weighted by Gasteiger charge is -2.28. The first-order valence-electron chi connectivity index (χ1n) is 3.90. The van der Waals surface area contributed by atoms with Crippen molar-refractivity contribution in [1.82, 2.24) is 4.67 Å². The fourth-order valence-electron chi connectivity index (χ4n) is 1.26. The Morgan fingerprint density at radius 1 is 1.08 bits per heavy atom. The maximum atomic E-state index is 9.76. The Balaban J connectivity index is 4.69. The lowest BCUT2D eigenvalue weighted by Crippen LogP contribution is -2.36. The predicted molar refractivity (Wildman–Crippen MR) is 55.1 cm³/mol. The molecule has 0 aliphatic carbocycles. The highest BCUT2D eigenvalue weighted by atomic mass is 35.5. The SMILES string of the molecule is CC(C)N(C(C)C)[P+](O)(OCl)OCl. The van der Waals surface area contributed by atoms with Gasteiger partial charge in [-0.2, -0.15) is 4.89 Å². The highest BCUT2D eigenvalue weighted by Crippen LogP contribution is 2.63. The maximum absolute atomic E-state index is 9.76. The Morgan fingerprint density at radius 2 is 1.38 bits per heavy atom. The number of hydrogen-bond acceptors (Lipinski definition) is 4. The van der Waals surface area contributed by atoms with Crippen LogP contribution in [0.2, 0.25) is 0 Å². The van der Waals surface area contributed by atoms with Crippen LogP contribution in [0.4, 0.5) is 0 Å². The van der Waals surface area contributed by atoms with Crippen LogP contribution in [0.5, 0.6) is 0 Å². The molecule has 0 aliphatic heterocycles. The second kappa shape index (κ2) is 5.66. The van der Waals surface area contributed by atoms with Gasteiger partial charge < -0.3 is 0 Å². The van der Waals surface area contributed by atoms with Gasteiger partial charge in [0.2, 0.25) is 0 Å². The van der Waals surface area contributed by atoms with Gasteiger partial charge in [0.15, 0.2) is 0 Å². The van der Waals surface area contributed by atoms with Crippen molar-refractivity contribution in [3.8, 4) is 0 Å². The molecule has 0 aliphatic rings. The summed E-state index contributed by atoms with van der Waals surface area (Å²) in [6.45, 7) is 7.54. The molecule has 0 fully saturated rings. The van der Waals surface area contributed by atoms with E-state index in [0.717, 1.165) is 0 Å². The van der Waals surface area contributed by atoms with Crippen LogP contribution in [-0.4, -0.2) is 21.6 Å². The third kappa shape index (κ3) is 3.48. The zero-order valence-electron chi connectivity index (χ0n) is 8.07. The van der Waals surface area contributed by atoms with E-state index in [2.05, 4.69) is 8.15 Å². The van der Waals surface area contributed by atoms with Crippen molar-refractivity contribution in [3.63, 3.8) is 0 Å². The predicted octanol–water partition coefficient (Wildman–Crippen LogP) is 3.12. The summed E-state index contributed by atoms with van der Waals surface area (Å²) in [5.41, 5.74) is 0. The van der Waals surface area contributed by atoms with Gasteiger partial charge in [-0.3, -0.25) is 0 Å². The van der Waals surface area contributed by atoms with Gasteiger partial charge in [0.05, 0.1) is 0 Å². The van der Waals surface area contributed by atoms with Crippen LogP contribution in [0.3, 0.4) is 0 Å². The molecule has 0 saturated heterocycles. The molecule has 0 atom stereocenters. The van der Waals surface area contributed by atoms with Gasteiger partial charge in [0, 0.05) is 12.1 Å². The fraction of sp³-hybridized carbons (Fsp3) is 1.00. The molecule has 80 valence electrons. The lowest BCUT2D eigenvalue weighted by atomic mass is 10.3. The summed E-state index contributed by atoms with van der Waals surface area (Å²) in [5, 5.41) is 0. The minimum absolute atomic E-state index is 0.0239. The third-order valence-corrected chi connectivity index (χ3v) is 4.48. The van der Waals surface area contributed by atoms with Gasteiger partial charge in [-0.05, 0) is 35.8 Å². The molecule has 4 nitrogen and oxygen atoms in total. The third-order valence-electron chi connectivity index (χ3n) is 1.53. The van der Waals surface area contributed by atoms with Crippen LogP contribution in [0.15, 0.2) is 0 Å². The Hall–Kier alpha value is 0.850. The van der Waals surface area contributed by atoms with Crippen molar-refractivity contribution in [2.75, 3.05) is 0 Å². The molecule has 0 radical (unpaired) electrons. The summed E-state index contributed by atoms with van der Waals surface area (Å²) in [4.78, 5) is 9.76. The standard InChI is InChI=1S/C6H15Cl2NO3P/c1-5(2)9(6(3)4)13(10,11-7)12-8/h5-6,10H,1-4H3/q+1. The fourth-order valence-corrected chi connectivity index (χ4v) is 3.28. The molecule has 0 heterocycles. The van der Waals surface area contributed by atoms with Crippen molar-refractivity contribution in [2.45, 2.75) is 39.8 Å². The summed E-state index contributed by atoms with van der Waals surface area (Å²) in [6.07, 6.45) is 0. The average Bonchev–Trinajstić information content (AvgIpc) is 2.02. The van der Waals surface area contributed by atoms with E-state index < -0.39 is 8.09 Å². The van der Waals surface area contributed by atoms with E-state index in [0.29, 0.717) is 0 Å². The van der Waals surface area contributed by atoms with Crippen LogP contribution in [0, 0.1) is 0 Å². The minimum atomic E-state index is -3.29. The molecule has 0 aromatic rings. The normalized spacial score (nSPS) is 13.4. The van der Waals surface area contributed by atoms with Crippen molar-refractivity contribution >= 4 is 31.8 Å². The number of halogens is 2. The molecular formula is C6H15Cl2NO3P+. The molecule has 1 N–H and O–H groups in total. The van der Waals surface area contributed by atoms with Crippen molar-refractivity contribution in [2.24, 2.45) is 0 Å². The van der Waals surface area contributed by atoms with E-state index in [-0.39, 0.29) is 12.1 Å². The summed E-state index contributed by atoms with van der Waals surface area (Å²) in [5.74, 6) is 0. The quantitative estimate of drug-likeness (QED) is 0.762. The molecule has 0 unspecified atom stereocenters. The zero-order valence-corrected chi connectivity index (χ0v) is 10.5. The minimum Gasteiger partial charge on any atom is -0.175 e. The van der Waals surface area contributed by atoms with Crippen LogP contribution in [-0.2, 0) is 8.15 Å². The van der Waals surface area contributed by atoms with Crippen molar-refractivity contribution in [1.29, 1.82) is 0 Å².